The lowest BCUT2D eigenvalue weighted by Gasteiger charge is -2.09. The first-order valence-electron chi connectivity index (χ1n) is 6.99. The average molecular weight is 325 g/mol. The number of anilines is 1. The van der Waals surface area contributed by atoms with Crippen molar-refractivity contribution in [2.24, 2.45) is 0 Å². The van der Waals surface area contributed by atoms with Crippen LogP contribution in [-0.4, -0.2) is 8.42 Å². The van der Waals surface area contributed by atoms with Gasteiger partial charge in [0.05, 0.1) is 0 Å². The van der Waals surface area contributed by atoms with E-state index < -0.39 is 26.6 Å². The summed E-state index contributed by atoms with van der Waals surface area (Å²) in [4.78, 5) is -0.706. The zero-order valence-electron chi connectivity index (χ0n) is 12.1. The molecule has 1 N–H and O–H groups in total. The van der Waals surface area contributed by atoms with Gasteiger partial charge in [0.2, 0.25) is 0 Å². The van der Waals surface area contributed by atoms with Crippen molar-refractivity contribution in [3.05, 3.63) is 59.7 Å². The van der Waals surface area contributed by atoms with Gasteiger partial charge in [0, 0.05) is 5.69 Å². The van der Waals surface area contributed by atoms with Gasteiger partial charge in [0.1, 0.15) is 16.5 Å². The van der Waals surface area contributed by atoms with Crippen LogP contribution in [0.4, 0.5) is 14.5 Å². The lowest BCUT2D eigenvalue weighted by molar-refractivity contribution is 0.555. The maximum Gasteiger partial charge on any atom is 0.264 e. The molecule has 2 rings (SSSR count). The lowest BCUT2D eigenvalue weighted by atomic mass is 10.1. The van der Waals surface area contributed by atoms with Crippen molar-refractivity contribution in [1.29, 1.82) is 0 Å². The summed E-state index contributed by atoms with van der Waals surface area (Å²) in [6.07, 6.45) is 3.05. The van der Waals surface area contributed by atoms with Crippen LogP contribution in [0.5, 0.6) is 0 Å². The number of nitrogens with one attached hydrogen (secondary N) is 1. The maximum absolute atomic E-state index is 13.6. The fourth-order valence-corrected chi connectivity index (χ4v) is 3.16. The molecule has 0 radical (unpaired) electrons. The molecule has 2 aromatic carbocycles. The molecular weight excluding hydrogens is 308 g/mol. The fraction of sp³-hybridized carbons (Fsp3) is 0.250. The SMILES string of the molecule is CCCCc1ccc(NS(=O)(=O)c2cc(F)ccc2F)cc1. The molecule has 0 saturated carbocycles. The molecule has 0 fully saturated rings. The number of sulfonamides is 1. The second-order valence-electron chi connectivity index (χ2n) is 4.98. The maximum atomic E-state index is 13.6. The van der Waals surface area contributed by atoms with Crippen molar-refractivity contribution in [2.75, 3.05) is 4.72 Å². The van der Waals surface area contributed by atoms with Gasteiger partial charge in [-0.05, 0) is 48.7 Å². The Labute approximate surface area is 129 Å². The number of rotatable bonds is 6. The standard InChI is InChI=1S/C16H17F2NO2S/c1-2-3-4-12-5-8-14(9-6-12)19-22(20,21)16-11-13(17)7-10-15(16)18/h5-11,19H,2-4H2,1H3. The van der Waals surface area contributed by atoms with Gasteiger partial charge >= 0.3 is 0 Å². The summed E-state index contributed by atoms with van der Waals surface area (Å²) < 4.78 is 53.2. The molecule has 0 amide bonds. The molecule has 3 nitrogen and oxygen atoms in total. The first kappa shape index (κ1) is 16.4. The summed E-state index contributed by atoms with van der Waals surface area (Å²) in [7, 11) is -4.16. The average Bonchev–Trinajstić information content (AvgIpc) is 2.48. The summed E-state index contributed by atoms with van der Waals surface area (Å²) in [6.45, 7) is 2.09. The van der Waals surface area contributed by atoms with Crippen molar-refractivity contribution in [1.82, 2.24) is 0 Å². The highest BCUT2D eigenvalue weighted by atomic mass is 32.2. The lowest BCUT2D eigenvalue weighted by Crippen LogP contribution is -2.14. The molecule has 0 aromatic heterocycles. The van der Waals surface area contributed by atoms with E-state index in [-0.39, 0.29) is 0 Å². The topological polar surface area (TPSA) is 46.2 Å². The van der Waals surface area contributed by atoms with Crippen LogP contribution >= 0.6 is 0 Å². The molecule has 0 aliphatic rings. The van der Waals surface area contributed by atoms with Crippen molar-refractivity contribution in [2.45, 2.75) is 31.1 Å². The van der Waals surface area contributed by atoms with Gasteiger partial charge in [0.25, 0.3) is 10.0 Å². The predicted octanol–water partition coefficient (Wildman–Crippen LogP) is 4.11. The van der Waals surface area contributed by atoms with E-state index >= 15 is 0 Å². The van der Waals surface area contributed by atoms with Crippen LogP contribution in [0.1, 0.15) is 25.3 Å². The van der Waals surface area contributed by atoms with E-state index in [0.717, 1.165) is 37.0 Å². The second-order valence-corrected chi connectivity index (χ2v) is 6.63. The summed E-state index contributed by atoms with van der Waals surface area (Å²) in [5, 5.41) is 0. The molecule has 0 atom stereocenters. The van der Waals surface area contributed by atoms with E-state index in [1.165, 1.54) is 0 Å². The van der Waals surface area contributed by atoms with Gasteiger partial charge in [-0.2, -0.15) is 0 Å². The molecule has 2 aromatic rings. The van der Waals surface area contributed by atoms with Crippen molar-refractivity contribution < 1.29 is 17.2 Å². The molecule has 0 aliphatic heterocycles. The summed E-state index contributed by atoms with van der Waals surface area (Å²) in [5.41, 5.74) is 1.41. The van der Waals surface area contributed by atoms with Gasteiger partial charge in [-0.15, -0.1) is 0 Å². The molecule has 6 heteroatoms. The molecule has 0 unspecified atom stereocenters. The minimum absolute atomic E-state index is 0.309. The summed E-state index contributed by atoms with van der Waals surface area (Å²) in [5.74, 6) is -1.80. The zero-order chi connectivity index (χ0) is 16.2. The smallest absolute Gasteiger partial charge is 0.264 e. The van der Waals surface area contributed by atoms with E-state index in [2.05, 4.69) is 11.6 Å². The number of benzene rings is 2. The second kappa shape index (κ2) is 6.87. The van der Waals surface area contributed by atoms with Crippen LogP contribution in [-0.2, 0) is 16.4 Å². The first-order valence-corrected chi connectivity index (χ1v) is 8.47. The Morgan fingerprint density at radius 1 is 1.05 bits per heavy atom. The van der Waals surface area contributed by atoms with Crippen LogP contribution in [0.3, 0.4) is 0 Å². The normalized spacial score (nSPS) is 11.4. The third kappa shape index (κ3) is 4.04. The van der Waals surface area contributed by atoms with Crippen LogP contribution in [0, 0.1) is 11.6 Å². The van der Waals surface area contributed by atoms with Gasteiger partial charge in [-0.3, -0.25) is 4.72 Å². The number of hydrogen-bond donors (Lipinski definition) is 1. The number of hydrogen-bond acceptors (Lipinski definition) is 2. The number of halogens is 2. The van der Waals surface area contributed by atoms with E-state index in [9.17, 15) is 17.2 Å². The Morgan fingerprint density at radius 3 is 2.36 bits per heavy atom. The van der Waals surface area contributed by atoms with Gasteiger partial charge in [0.15, 0.2) is 0 Å². The van der Waals surface area contributed by atoms with E-state index in [1.807, 2.05) is 12.1 Å². The fourth-order valence-electron chi connectivity index (χ4n) is 2.01. The van der Waals surface area contributed by atoms with Gasteiger partial charge < -0.3 is 0 Å². The third-order valence-corrected chi connectivity index (χ3v) is 4.60. The Hall–Kier alpha value is -1.95. The molecular formula is C16H17F2NO2S. The Kier molecular flexibility index (Phi) is 5.13. The monoisotopic (exact) mass is 325 g/mol. The first-order chi connectivity index (χ1) is 10.4. The predicted molar refractivity (Wildman–Crippen MR) is 82.2 cm³/mol. The Bertz CT molecular complexity index is 743. The summed E-state index contributed by atoms with van der Waals surface area (Å²) >= 11 is 0. The van der Waals surface area contributed by atoms with Crippen LogP contribution in [0.2, 0.25) is 0 Å². The van der Waals surface area contributed by atoms with Crippen LogP contribution < -0.4 is 4.72 Å². The number of aryl methyl sites for hydroxylation is 1. The van der Waals surface area contributed by atoms with E-state index in [1.54, 1.807) is 12.1 Å². The van der Waals surface area contributed by atoms with Crippen molar-refractivity contribution >= 4 is 15.7 Å². The van der Waals surface area contributed by atoms with Crippen LogP contribution in [0.25, 0.3) is 0 Å². The molecule has 0 aliphatic carbocycles. The third-order valence-electron chi connectivity index (χ3n) is 3.21. The van der Waals surface area contributed by atoms with Crippen molar-refractivity contribution in [3.63, 3.8) is 0 Å². The highest BCUT2D eigenvalue weighted by Gasteiger charge is 2.20. The minimum atomic E-state index is -4.16. The number of unbranched alkanes of at least 4 members (excludes halogenated alkanes) is 1. The van der Waals surface area contributed by atoms with Gasteiger partial charge in [-0.25, -0.2) is 17.2 Å². The highest BCUT2D eigenvalue weighted by molar-refractivity contribution is 7.92. The minimum Gasteiger partial charge on any atom is -0.280 e. The molecule has 22 heavy (non-hydrogen) atoms. The van der Waals surface area contributed by atoms with E-state index in [4.69, 9.17) is 0 Å². The molecule has 118 valence electrons. The molecule has 0 spiro atoms. The quantitative estimate of drug-likeness (QED) is 0.869. The molecule has 0 heterocycles. The Morgan fingerprint density at radius 2 is 1.73 bits per heavy atom. The summed E-state index contributed by atoms with van der Waals surface area (Å²) in [6, 6.07) is 9.17. The van der Waals surface area contributed by atoms with E-state index in [0.29, 0.717) is 11.8 Å². The van der Waals surface area contributed by atoms with Crippen molar-refractivity contribution in [3.8, 4) is 0 Å². The molecule has 0 saturated heterocycles. The molecule has 0 bridgehead atoms. The zero-order valence-corrected chi connectivity index (χ0v) is 13.0. The van der Waals surface area contributed by atoms with Crippen LogP contribution in [0.15, 0.2) is 47.4 Å². The van der Waals surface area contributed by atoms with Gasteiger partial charge in [-0.1, -0.05) is 25.5 Å². The highest BCUT2D eigenvalue weighted by Crippen LogP contribution is 2.20. The Balaban J connectivity index is 2.20. The largest absolute Gasteiger partial charge is 0.280 e.